The first-order valence-corrected chi connectivity index (χ1v) is 5.23. The van der Waals surface area contributed by atoms with E-state index in [0.717, 1.165) is 0 Å². The molecule has 1 rings (SSSR count). The second kappa shape index (κ2) is 4.75. The second-order valence-electron chi connectivity index (χ2n) is 2.61. The van der Waals surface area contributed by atoms with E-state index in [0.29, 0.717) is 27.5 Å². The first kappa shape index (κ1) is 11.5. The predicted octanol–water partition coefficient (Wildman–Crippen LogP) is 2.98. The highest BCUT2D eigenvalue weighted by Gasteiger charge is 2.13. The van der Waals surface area contributed by atoms with Crippen molar-refractivity contribution in [2.75, 3.05) is 6.61 Å². The molecule has 1 aromatic heterocycles. The van der Waals surface area contributed by atoms with Crippen molar-refractivity contribution >= 4 is 33.5 Å². The quantitative estimate of drug-likeness (QED) is 0.617. The molecular weight excluding hydrogens is 269 g/mol. The standard InChI is InChI=1S/C9H9BrClNO2/c1-3-14-9(13)6-4-7(10)8(11)12-5(6)2/h4H,3H2,1-2H3. The molecule has 0 atom stereocenters. The number of aromatic nitrogens is 1. The van der Waals surface area contributed by atoms with Gasteiger partial charge in [-0.25, -0.2) is 9.78 Å². The van der Waals surface area contributed by atoms with Crippen LogP contribution in [-0.2, 0) is 4.74 Å². The molecule has 76 valence electrons. The van der Waals surface area contributed by atoms with Crippen LogP contribution in [0.15, 0.2) is 10.5 Å². The summed E-state index contributed by atoms with van der Waals surface area (Å²) in [5, 5.41) is 0.343. The Morgan fingerprint density at radius 2 is 2.36 bits per heavy atom. The highest BCUT2D eigenvalue weighted by molar-refractivity contribution is 9.10. The minimum atomic E-state index is -0.380. The number of pyridine rings is 1. The smallest absolute Gasteiger partial charge is 0.340 e. The maximum absolute atomic E-state index is 11.4. The van der Waals surface area contributed by atoms with E-state index in [1.165, 1.54) is 0 Å². The Kier molecular flexibility index (Phi) is 3.89. The number of esters is 1. The van der Waals surface area contributed by atoms with E-state index in [1.54, 1.807) is 19.9 Å². The van der Waals surface area contributed by atoms with Crippen LogP contribution < -0.4 is 0 Å². The first-order valence-electron chi connectivity index (χ1n) is 4.06. The summed E-state index contributed by atoms with van der Waals surface area (Å²) in [6.07, 6.45) is 0. The zero-order chi connectivity index (χ0) is 10.7. The van der Waals surface area contributed by atoms with E-state index >= 15 is 0 Å². The molecule has 0 aliphatic rings. The van der Waals surface area contributed by atoms with E-state index in [-0.39, 0.29) is 5.97 Å². The van der Waals surface area contributed by atoms with Crippen LogP contribution in [0.1, 0.15) is 23.0 Å². The van der Waals surface area contributed by atoms with Gasteiger partial charge in [0.25, 0.3) is 0 Å². The summed E-state index contributed by atoms with van der Waals surface area (Å²) in [6, 6.07) is 1.61. The molecule has 5 heteroatoms. The molecule has 0 aliphatic heterocycles. The van der Waals surface area contributed by atoms with Crippen LogP contribution in [0.3, 0.4) is 0 Å². The number of hydrogen-bond donors (Lipinski definition) is 0. The van der Waals surface area contributed by atoms with Gasteiger partial charge in [-0.05, 0) is 35.8 Å². The fourth-order valence-corrected chi connectivity index (χ4v) is 1.47. The van der Waals surface area contributed by atoms with Gasteiger partial charge in [0.2, 0.25) is 0 Å². The molecule has 0 aromatic carbocycles. The molecule has 0 saturated heterocycles. The van der Waals surface area contributed by atoms with Crippen LogP contribution in [0.25, 0.3) is 0 Å². The van der Waals surface area contributed by atoms with Gasteiger partial charge in [0, 0.05) is 0 Å². The number of rotatable bonds is 2. The van der Waals surface area contributed by atoms with Gasteiger partial charge >= 0.3 is 5.97 Å². The first-order chi connectivity index (χ1) is 6.56. The summed E-state index contributed by atoms with van der Waals surface area (Å²) in [5.74, 6) is -0.380. The molecule has 0 bridgehead atoms. The number of ether oxygens (including phenoxy) is 1. The summed E-state index contributed by atoms with van der Waals surface area (Å²) in [6.45, 7) is 3.81. The molecule has 0 fully saturated rings. The predicted molar refractivity (Wildman–Crippen MR) is 57.6 cm³/mol. The Labute approximate surface area is 95.6 Å². The minimum absolute atomic E-state index is 0.343. The minimum Gasteiger partial charge on any atom is -0.462 e. The molecule has 0 amide bonds. The number of carbonyl (C=O) groups excluding carboxylic acids is 1. The number of halogens is 2. The SMILES string of the molecule is CCOC(=O)c1cc(Br)c(Cl)nc1C. The van der Waals surface area contributed by atoms with Gasteiger partial charge < -0.3 is 4.74 Å². The molecule has 0 unspecified atom stereocenters. The molecule has 0 N–H and O–H groups in total. The lowest BCUT2D eigenvalue weighted by atomic mass is 10.2. The largest absolute Gasteiger partial charge is 0.462 e. The molecule has 3 nitrogen and oxygen atoms in total. The molecule has 1 heterocycles. The third-order valence-electron chi connectivity index (χ3n) is 1.62. The van der Waals surface area contributed by atoms with Crippen molar-refractivity contribution < 1.29 is 9.53 Å². The highest BCUT2D eigenvalue weighted by Crippen LogP contribution is 2.23. The Morgan fingerprint density at radius 1 is 1.71 bits per heavy atom. The molecule has 14 heavy (non-hydrogen) atoms. The van der Waals surface area contributed by atoms with Crippen LogP contribution in [-0.4, -0.2) is 17.6 Å². The van der Waals surface area contributed by atoms with E-state index in [1.807, 2.05) is 0 Å². The van der Waals surface area contributed by atoms with Gasteiger partial charge in [-0.15, -0.1) is 0 Å². The molecular formula is C9H9BrClNO2. The van der Waals surface area contributed by atoms with E-state index < -0.39 is 0 Å². The molecule has 0 aliphatic carbocycles. The van der Waals surface area contributed by atoms with Gasteiger partial charge in [-0.2, -0.15) is 0 Å². The zero-order valence-corrected chi connectivity index (χ0v) is 10.1. The highest BCUT2D eigenvalue weighted by atomic mass is 79.9. The van der Waals surface area contributed by atoms with Crippen molar-refractivity contribution in [1.82, 2.24) is 4.98 Å². The van der Waals surface area contributed by atoms with Crippen LogP contribution >= 0.6 is 27.5 Å². The molecule has 0 radical (unpaired) electrons. The number of nitrogens with zero attached hydrogens (tertiary/aromatic N) is 1. The average molecular weight is 279 g/mol. The van der Waals surface area contributed by atoms with Crippen molar-refractivity contribution in [2.24, 2.45) is 0 Å². The van der Waals surface area contributed by atoms with Crippen LogP contribution in [0, 0.1) is 6.92 Å². The Balaban J connectivity index is 3.09. The third-order valence-corrected chi connectivity index (χ3v) is 2.74. The number of hydrogen-bond acceptors (Lipinski definition) is 3. The lowest BCUT2D eigenvalue weighted by Crippen LogP contribution is -2.08. The van der Waals surface area contributed by atoms with Gasteiger partial charge in [0.1, 0.15) is 5.15 Å². The maximum atomic E-state index is 11.4. The van der Waals surface area contributed by atoms with Crippen molar-refractivity contribution in [3.63, 3.8) is 0 Å². The van der Waals surface area contributed by atoms with Crippen molar-refractivity contribution in [1.29, 1.82) is 0 Å². The Morgan fingerprint density at radius 3 is 2.93 bits per heavy atom. The van der Waals surface area contributed by atoms with Crippen LogP contribution in [0.2, 0.25) is 5.15 Å². The summed E-state index contributed by atoms with van der Waals surface area (Å²) in [7, 11) is 0. The van der Waals surface area contributed by atoms with E-state index in [2.05, 4.69) is 20.9 Å². The van der Waals surface area contributed by atoms with Crippen molar-refractivity contribution in [2.45, 2.75) is 13.8 Å². The number of aryl methyl sites for hydroxylation is 1. The summed E-state index contributed by atoms with van der Waals surface area (Å²) in [4.78, 5) is 15.4. The lowest BCUT2D eigenvalue weighted by Gasteiger charge is -2.05. The fourth-order valence-electron chi connectivity index (χ4n) is 0.967. The van der Waals surface area contributed by atoms with Gasteiger partial charge in [0.05, 0.1) is 22.3 Å². The summed E-state index contributed by atoms with van der Waals surface area (Å²) >= 11 is 8.95. The molecule has 0 saturated carbocycles. The Hall–Kier alpha value is -0.610. The van der Waals surface area contributed by atoms with Crippen molar-refractivity contribution in [3.05, 3.63) is 26.9 Å². The van der Waals surface area contributed by atoms with Crippen LogP contribution in [0.4, 0.5) is 0 Å². The van der Waals surface area contributed by atoms with Gasteiger partial charge in [0.15, 0.2) is 0 Å². The van der Waals surface area contributed by atoms with E-state index in [4.69, 9.17) is 16.3 Å². The maximum Gasteiger partial charge on any atom is 0.340 e. The van der Waals surface area contributed by atoms with E-state index in [9.17, 15) is 4.79 Å². The van der Waals surface area contributed by atoms with Gasteiger partial charge in [-0.1, -0.05) is 11.6 Å². The monoisotopic (exact) mass is 277 g/mol. The van der Waals surface area contributed by atoms with Gasteiger partial charge in [-0.3, -0.25) is 0 Å². The molecule has 0 spiro atoms. The lowest BCUT2D eigenvalue weighted by molar-refractivity contribution is 0.0525. The van der Waals surface area contributed by atoms with Crippen LogP contribution in [0.5, 0.6) is 0 Å². The Bertz CT molecular complexity index is 368. The topological polar surface area (TPSA) is 39.2 Å². The normalized spacial score (nSPS) is 10.0. The molecule has 1 aromatic rings. The summed E-state index contributed by atoms with van der Waals surface area (Å²) in [5.41, 5.74) is 1.000. The zero-order valence-electron chi connectivity index (χ0n) is 7.80. The fraction of sp³-hybridized carbons (Fsp3) is 0.333. The van der Waals surface area contributed by atoms with Crippen molar-refractivity contribution in [3.8, 4) is 0 Å². The number of carbonyl (C=O) groups is 1. The third kappa shape index (κ3) is 2.45. The second-order valence-corrected chi connectivity index (χ2v) is 3.83. The average Bonchev–Trinajstić information content (AvgIpc) is 2.11. The summed E-state index contributed by atoms with van der Waals surface area (Å²) < 4.78 is 5.45.